The molecule has 0 saturated heterocycles. The van der Waals surface area contributed by atoms with Crippen LogP contribution in [0.2, 0.25) is 0 Å². The Bertz CT molecular complexity index is 260. The number of rotatable bonds is 4. The van der Waals surface area contributed by atoms with Crippen molar-refractivity contribution < 1.29 is 0 Å². The van der Waals surface area contributed by atoms with Crippen molar-refractivity contribution in [2.75, 3.05) is 13.1 Å². The summed E-state index contributed by atoms with van der Waals surface area (Å²) < 4.78 is 0. The molecule has 17 heavy (non-hydrogen) atoms. The highest BCUT2D eigenvalue weighted by Gasteiger charge is 2.45. The quantitative estimate of drug-likeness (QED) is 0.813. The van der Waals surface area contributed by atoms with Crippen molar-refractivity contribution >= 4 is 0 Å². The largest absolute Gasteiger partial charge is 0.330 e. The van der Waals surface area contributed by atoms with Gasteiger partial charge in [-0.3, -0.25) is 4.90 Å². The van der Waals surface area contributed by atoms with Crippen LogP contribution in [-0.4, -0.2) is 30.1 Å². The average Bonchev–Trinajstić information content (AvgIpc) is 3.05. The summed E-state index contributed by atoms with van der Waals surface area (Å²) in [5.41, 5.74) is 5.96. The molecule has 98 valence electrons. The molecule has 5 atom stereocenters. The second kappa shape index (κ2) is 4.89. The minimum atomic E-state index is 0.786. The monoisotopic (exact) mass is 236 g/mol. The molecular formula is C15H28N2. The summed E-state index contributed by atoms with van der Waals surface area (Å²) in [5.74, 6) is 2.88. The summed E-state index contributed by atoms with van der Waals surface area (Å²) in [4.78, 5) is 2.86. The first-order chi connectivity index (χ1) is 8.33. The average molecular weight is 236 g/mol. The van der Waals surface area contributed by atoms with Crippen molar-refractivity contribution in [2.45, 2.75) is 64.0 Å². The maximum Gasteiger partial charge on any atom is 0.0138 e. The van der Waals surface area contributed by atoms with Crippen molar-refractivity contribution in [3.8, 4) is 0 Å². The molecule has 2 N–H and O–H groups in total. The van der Waals surface area contributed by atoms with Crippen molar-refractivity contribution in [2.24, 2.45) is 23.5 Å². The van der Waals surface area contributed by atoms with Crippen molar-refractivity contribution in [1.82, 2.24) is 4.90 Å². The standard InChI is InChI=1S/C15H28N2/c1-2-17(14-5-3-4-13(14)10-16)15-9-11-6-7-12(15)8-11/h11-15H,2-10,16H2,1H3. The Morgan fingerprint density at radius 1 is 1.06 bits per heavy atom. The lowest BCUT2D eigenvalue weighted by atomic mass is 9.91. The van der Waals surface area contributed by atoms with E-state index in [9.17, 15) is 0 Å². The van der Waals surface area contributed by atoms with Gasteiger partial charge in [-0.15, -0.1) is 0 Å². The second-order valence-corrected chi connectivity index (χ2v) is 6.57. The lowest BCUT2D eigenvalue weighted by Crippen LogP contribution is -2.48. The molecular weight excluding hydrogens is 208 g/mol. The number of nitrogens with zero attached hydrogens (tertiary/aromatic N) is 1. The van der Waals surface area contributed by atoms with E-state index in [1.807, 2.05) is 0 Å². The van der Waals surface area contributed by atoms with Crippen molar-refractivity contribution in [1.29, 1.82) is 0 Å². The van der Waals surface area contributed by atoms with Gasteiger partial charge in [-0.05, 0) is 62.9 Å². The van der Waals surface area contributed by atoms with Crippen LogP contribution in [0.1, 0.15) is 51.9 Å². The number of hydrogen-bond acceptors (Lipinski definition) is 2. The van der Waals surface area contributed by atoms with E-state index in [2.05, 4.69) is 11.8 Å². The molecule has 3 aliphatic rings. The molecule has 0 aromatic carbocycles. The molecule has 3 fully saturated rings. The summed E-state index contributed by atoms with van der Waals surface area (Å²) in [5, 5.41) is 0. The van der Waals surface area contributed by atoms with Crippen LogP contribution in [0, 0.1) is 17.8 Å². The SMILES string of the molecule is CCN(C1CCCC1CN)C1CC2CCC1C2. The van der Waals surface area contributed by atoms with Gasteiger partial charge in [-0.2, -0.15) is 0 Å². The van der Waals surface area contributed by atoms with Gasteiger partial charge < -0.3 is 5.73 Å². The first-order valence-corrected chi connectivity index (χ1v) is 7.79. The molecule has 0 spiro atoms. The Kier molecular flexibility index (Phi) is 3.45. The Morgan fingerprint density at radius 2 is 1.94 bits per heavy atom. The molecule has 2 heteroatoms. The number of nitrogens with two attached hydrogens (primary N) is 1. The van der Waals surface area contributed by atoms with E-state index in [1.54, 1.807) is 0 Å². The Morgan fingerprint density at radius 3 is 2.53 bits per heavy atom. The summed E-state index contributed by atoms with van der Waals surface area (Å²) in [6.07, 6.45) is 10.2. The van der Waals surface area contributed by atoms with Gasteiger partial charge in [0, 0.05) is 12.1 Å². The first-order valence-electron chi connectivity index (χ1n) is 7.79. The van der Waals surface area contributed by atoms with E-state index in [1.165, 1.54) is 51.5 Å². The van der Waals surface area contributed by atoms with Crippen LogP contribution in [0.3, 0.4) is 0 Å². The minimum absolute atomic E-state index is 0.786. The fourth-order valence-electron chi connectivity index (χ4n) is 5.06. The lowest BCUT2D eigenvalue weighted by Gasteiger charge is -2.40. The van der Waals surface area contributed by atoms with Gasteiger partial charge >= 0.3 is 0 Å². The van der Waals surface area contributed by atoms with Crippen molar-refractivity contribution in [3.63, 3.8) is 0 Å². The highest BCUT2D eigenvalue weighted by molar-refractivity contribution is 4.98. The molecule has 0 amide bonds. The highest BCUT2D eigenvalue weighted by Crippen LogP contribution is 2.48. The van der Waals surface area contributed by atoms with Gasteiger partial charge in [0.1, 0.15) is 0 Å². The Balaban J connectivity index is 1.70. The van der Waals surface area contributed by atoms with Crippen LogP contribution in [0.4, 0.5) is 0 Å². The van der Waals surface area contributed by atoms with Crippen LogP contribution in [-0.2, 0) is 0 Å². The lowest BCUT2D eigenvalue weighted by molar-refractivity contribution is 0.0793. The number of fused-ring (bicyclic) bond motifs is 2. The zero-order valence-corrected chi connectivity index (χ0v) is 11.3. The normalized spacial score (nSPS) is 45.0. The Labute approximate surface area is 106 Å². The fraction of sp³-hybridized carbons (Fsp3) is 1.00. The van der Waals surface area contributed by atoms with Crippen LogP contribution in [0.15, 0.2) is 0 Å². The molecule has 0 aliphatic heterocycles. The van der Waals surface area contributed by atoms with E-state index in [4.69, 9.17) is 5.73 Å². The third kappa shape index (κ3) is 2.04. The van der Waals surface area contributed by atoms with Gasteiger partial charge in [-0.1, -0.05) is 19.8 Å². The zero-order valence-electron chi connectivity index (χ0n) is 11.3. The van der Waals surface area contributed by atoms with Crippen molar-refractivity contribution in [3.05, 3.63) is 0 Å². The van der Waals surface area contributed by atoms with E-state index < -0.39 is 0 Å². The smallest absolute Gasteiger partial charge is 0.0138 e. The predicted molar refractivity (Wildman–Crippen MR) is 71.8 cm³/mol. The molecule has 5 unspecified atom stereocenters. The van der Waals surface area contributed by atoms with Gasteiger partial charge in [-0.25, -0.2) is 0 Å². The highest BCUT2D eigenvalue weighted by atomic mass is 15.2. The molecule has 0 aromatic heterocycles. The molecule has 0 aromatic rings. The fourth-order valence-corrected chi connectivity index (χ4v) is 5.06. The van der Waals surface area contributed by atoms with Gasteiger partial charge in [0.15, 0.2) is 0 Å². The Hall–Kier alpha value is -0.0800. The summed E-state index contributed by atoms with van der Waals surface area (Å²) in [6, 6.07) is 1.73. The van der Waals surface area contributed by atoms with E-state index in [0.717, 1.165) is 36.4 Å². The molecule has 3 saturated carbocycles. The molecule has 0 radical (unpaired) electrons. The van der Waals surface area contributed by atoms with E-state index >= 15 is 0 Å². The molecule has 3 rings (SSSR count). The third-order valence-corrected chi connectivity index (χ3v) is 5.84. The molecule has 3 aliphatic carbocycles. The predicted octanol–water partition coefficient (Wildman–Crippen LogP) is 2.62. The van der Waals surface area contributed by atoms with Crippen LogP contribution in [0.5, 0.6) is 0 Å². The molecule has 2 nitrogen and oxygen atoms in total. The van der Waals surface area contributed by atoms with Gasteiger partial charge in [0.25, 0.3) is 0 Å². The zero-order chi connectivity index (χ0) is 11.8. The van der Waals surface area contributed by atoms with Gasteiger partial charge in [0.05, 0.1) is 0 Å². The van der Waals surface area contributed by atoms with Crippen LogP contribution >= 0.6 is 0 Å². The topological polar surface area (TPSA) is 29.3 Å². The number of hydrogen-bond donors (Lipinski definition) is 1. The van der Waals surface area contributed by atoms with Gasteiger partial charge in [0.2, 0.25) is 0 Å². The summed E-state index contributed by atoms with van der Waals surface area (Å²) in [7, 11) is 0. The van der Waals surface area contributed by atoms with E-state index in [0.29, 0.717) is 0 Å². The first kappa shape index (κ1) is 12.0. The van der Waals surface area contributed by atoms with E-state index in [-0.39, 0.29) is 0 Å². The third-order valence-electron chi connectivity index (χ3n) is 5.84. The summed E-state index contributed by atoms with van der Waals surface area (Å²) >= 11 is 0. The second-order valence-electron chi connectivity index (χ2n) is 6.57. The van der Waals surface area contributed by atoms with Crippen LogP contribution in [0.25, 0.3) is 0 Å². The maximum atomic E-state index is 5.96. The summed E-state index contributed by atoms with van der Waals surface area (Å²) in [6.45, 7) is 4.51. The molecule has 0 heterocycles. The molecule has 2 bridgehead atoms. The minimum Gasteiger partial charge on any atom is -0.330 e. The van der Waals surface area contributed by atoms with Crippen LogP contribution < -0.4 is 5.73 Å². The maximum absolute atomic E-state index is 5.96.